The summed E-state index contributed by atoms with van der Waals surface area (Å²) in [5, 5.41) is 15.0. The second-order valence-electron chi connectivity index (χ2n) is 5.71. The summed E-state index contributed by atoms with van der Waals surface area (Å²) >= 11 is 0. The normalized spacial score (nSPS) is 25.3. The summed E-state index contributed by atoms with van der Waals surface area (Å²) in [6.07, 6.45) is 12.0. The molecule has 3 N–H and O–H groups in total. The molecule has 1 fully saturated rings. The topological polar surface area (TPSA) is 70.6 Å². The third-order valence-corrected chi connectivity index (χ3v) is 4.04. The van der Waals surface area contributed by atoms with Crippen LogP contribution in [0.5, 0.6) is 0 Å². The molecule has 0 spiro atoms. The van der Waals surface area contributed by atoms with Crippen molar-refractivity contribution >= 4 is 6.09 Å². The molecule has 2 rings (SSSR count). The molecule has 1 amide bonds. The van der Waals surface area contributed by atoms with Gasteiger partial charge >= 0.3 is 6.09 Å². The van der Waals surface area contributed by atoms with Crippen molar-refractivity contribution < 1.29 is 14.6 Å². The van der Waals surface area contributed by atoms with E-state index in [4.69, 9.17) is 9.84 Å². The highest BCUT2D eigenvalue weighted by molar-refractivity contribution is 5.67. The Labute approximate surface area is 126 Å². The van der Waals surface area contributed by atoms with E-state index < -0.39 is 0 Å². The molecule has 0 bridgehead atoms. The van der Waals surface area contributed by atoms with Crippen LogP contribution in [0.1, 0.15) is 38.5 Å². The summed E-state index contributed by atoms with van der Waals surface area (Å²) in [6.45, 7) is 1.18. The van der Waals surface area contributed by atoms with E-state index >= 15 is 0 Å². The summed E-state index contributed by atoms with van der Waals surface area (Å²) in [4.78, 5) is 11.8. The SMILES string of the molecule is O=C(N[C@H]1CC[C@@H](NCCO)CC1)OCC1=CCCC=C1. The Morgan fingerprint density at radius 2 is 2.00 bits per heavy atom. The second-order valence-corrected chi connectivity index (χ2v) is 5.71. The van der Waals surface area contributed by atoms with Crippen LogP contribution in [0.15, 0.2) is 23.8 Å². The average molecular weight is 294 g/mol. The minimum atomic E-state index is -0.318. The van der Waals surface area contributed by atoms with Crippen LogP contribution >= 0.6 is 0 Å². The Morgan fingerprint density at radius 1 is 1.24 bits per heavy atom. The Kier molecular flexibility index (Phi) is 6.76. The fraction of sp³-hybridized carbons (Fsp3) is 0.688. The lowest BCUT2D eigenvalue weighted by Gasteiger charge is -2.29. The van der Waals surface area contributed by atoms with Gasteiger partial charge < -0.3 is 20.5 Å². The first-order valence-electron chi connectivity index (χ1n) is 7.91. The molecule has 21 heavy (non-hydrogen) atoms. The lowest BCUT2D eigenvalue weighted by molar-refractivity contribution is 0.147. The highest BCUT2D eigenvalue weighted by Crippen LogP contribution is 2.18. The number of hydrogen-bond acceptors (Lipinski definition) is 4. The van der Waals surface area contributed by atoms with E-state index in [1.165, 1.54) is 0 Å². The van der Waals surface area contributed by atoms with Gasteiger partial charge in [0, 0.05) is 18.6 Å². The molecule has 0 saturated heterocycles. The number of alkyl carbamates (subject to hydrolysis) is 1. The van der Waals surface area contributed by atoms with Gasteiger partial charge in [-0.05, 0) is 44.1 Å². The smallest absolute Gasteiger partial charge is 0.407 e. The van der Waals surface area contributed by atoms with Gasteiger partial charge in [0.1, 0.15) is 6.61 Å². The van der Waals surface area contributed by atoms with E-state index in [2.05, 4.69) is 22.8 Å². The predicted molar refractivity (Wildman–Crippen MR) is 82.1 cm³/mol. The first kappa shape index (κ1) is 16.0. The highest BCUT2D eigenvalue weighted by Gasteiger charge is 2.22. The van der Waals surface area contributed by atoms with Crippen LogP contribution in [0, 0.1) is 0 Å². The number of aliphatic hydroxyl groups excluding tert-OH is 1. The van der Waals surface area contributed by atoms with Crippen LogP contribution in [-0.2, 0) is 4.74 Å². The Morgan fingerprint density at radius 3 is 2.67 bits per heavy atom. The van der Waals surface area contributed by atoms with E-state index in [0.717, 1.165) is 44.1 Å². The van der Waals surface area contributed by atoms with Gasteiger partial charge in [-0.1, -0.05) is 18.2 Å². The van der Waals surface area contributed by atoms with Crippen LogP contribution in [0.25, 0.3) is 0 Å². The zero-order chi connectivity index (χ0) is 14.9. The standard InChI is InChI=1S/C16H26N2O3/c19-11-10-17-14-6-8-15(9-7-14)18-16(20)21-12-13-4-2-1-3-5-13/h2,4-5,14-15,17,19H,1,3,6-12H2,(H,18,20)/t14-,15+. The Balaban J connectivity index is 1.60. The molecular weight excluding hydrogens is 268 g/mol. The van der Waals surface area contributed by atoms with E-state index in [9.17, 15) is 4.79 Å². The van der Waals surface area contributed by atoms with Crippen LogP contribution in [0.4, 0.5) is 4.79 Å². The number of nitrogens with one attached hydrogen (secondary N) is 2. The molecule has 2 aliphatic rings. The third kappa shape index (κ3) is 5.89. The van der Waals surface area contributed by atoms with Gasteiger partial charge in [-0.15, -0.1) is 0 Å². The maximum atomic E-state index is 11.8. The second kappa shape index (κ2) is 8.85. The first-order chi connectivity index (χ1) is 10.3. The number of allylic oxidation sites excluding steroid dienone is 2. The van der Waals surface area contributed by atoms with Crippen molar-refractivity contribution in [3.8, 4) is 0 Å². The molecular formula is C16H26N2O3. The lowest BCUT2D eigenvalue weighted by Crippen LogP contribution is -2.43. The predicted octanol–water partition coefficient (Wildman–Crippen LogP) is 1.88. The van der Waals surface area contributed by atoms with Gasteiger partial charge in [0.25, 0.3) is 0 Å². The highest BCUT2D eigenvalue weighted by atomic mass is 16.5. The molecule has 0 atom stereocenters. The molecule has 0 radical (unpaired) electrons. The first-order valence-corrected chi connectivity index (χ1v) is 7.91. The summed E-state index contributed by atoms with van der Waals surface area (Å²) < 4.78 is 5.26. The quantitative estimate of drug-likeness (QED) is 0.699. The molecule has 5 heteroatoms. The minimum Gasteiger partial charge on any atom is -0.445 e. The van der Waals surface area contributed by atoms with Gasteiger partial charge in [-0.2, -0.15) is 0 Å². The van der Waals surface area contributed by atoms with Crippen LogP contribution in [-0.4, -0.2) is 43.0 Å². The van der Waals surface area contributed by atoms with Crippen molar-refractivity contribution in [2.45, 2.75) is 50.6 Å². The van der Waals surface area contributed by atoms with E-state index in [0.29, 0.717) is 19.2 Å². The molecule has 118 valence electrons. The lowest BCUT2D eigenvalue weighted by atomic mass is 9.91. The number of aliphatic hydroxyl groups is 1. The van der Waals surface area contributed by atoms with Crippen molar-refractivity contribution in [2.24, 2.45) is 0 Å². The van der Waals surface area contributed by atoms with Crippen molar-refractivity contribution in [1.29, 1.82) is 0 Å². The van der Waals surface area contributed by atoms with Gasteiger partial charge in [0.15, 0.2) is 0 Å². The molecule has 0 heterocycles. The number of rotatable bonds is 6. The average Bonchev–Trinajstić information content (AvgIpc) is 2.53. The van der Waals surface area contributed by atoms with E-state index in [1.54, 1.807) is 0 Å². The molecule has 0 aromatic carbocycles. The minimum absolute atomic E-state index is 0.175. The van der Waals surface area contributed by atoms with Crippen molar-refractivity contribution in [2.75, 3.05) is 19.8 Å². The van der Waals surface area contributed by atoms with Crippen LogP contribution < -0.4 is 10.6 Å². The molecule has 0 aromatic heterocycles. The van der Waals surface area contributed by atoms with Gasteiger partial charge in [-0.25, -0.2) is 4.79 Å². The van der Waals surface area contributed by atoms with Crippen molar-refractivity contribution in [3.05, 3.63) is 23.8 Å². The summed E-state index contributed by atoms with van der Waals surface area (Å²) in [7, 11) is 0. The summed E-state index contributed by atoms with van der Waals surface area (Å²) in [5.74, 6) is 0. The molecule has 2 aliphatic carbocycles. The third-order valence-electron chi connectivity index (χ3n) is 4.04. The largest absolute Gasteiger partial charge is 0.445 e. The maximum absolute atomic E-state index is 11.8. The molecule has 5 nitrogen and oxygen atoms in total. The Hall–Kier alpha value is -1.33. The molecule has 0 aromatic rings. The van der Waals surface area contributed by atoms with Gasteiger partial charge in [-0.3, -0.25) is 0 Å². The zero-order valence-electron chi connectivity index (χ0n) is 12.5. The van der Waals surface area contributed by atoms with Crippen molar-refractivity contribution in [1.82, 2.24) is 10.6 Å². The van der Waals surface area contributed by atoms with Gasteiger partial charge in [0.2, 0.25) is 0 Å². The zero-order valence-corrected chi connectivity index (χ0v) is 12.5. The summed E-state index contributed by atoms with van der Waals surface area (Å²) in [6, 6.07) is 0.671. The maximum Gasteiger partial charge on any atom is 0.407 e. The fourth-order valence-electron chi connectivity index (χ4n) is 2.84. The van der Waals surface area contributed by atoms with E-state index in [1.807, 2.05) is 6.08 Å². The van der Waals surface area contributed by atoms with Crippen LogP contribution in [0.2, 0.25) is 0 Å². The molecule has 1 saturated carbocycles. The Bertz CT molecular complexity index is 385. The van der Waals surface area contributed by atoms with Gasteiger partial charge in [0.05, 0.1) is 6.61 Å². The fourth-order valence-corrected chi connectivity index (χ4v) is 2.84. The monoisotopic (exact) mass is 294 g/mol. The summed E-state index contributed by atoms with van der Waals surface area (Å²) in [5.41, 5.74) is 1.08. The number of amides is 1. The van der Waals surface area contributed by atoms with E-state index in [-0.39, 0.29) is 18.7 Å². The number of ether oxygens (including phenoxy) is 1. The number of carbonyl (C=O) groups is 1. The van der Waals surface area contributed by atoms with Crippen molar-refractivity contribution in [3.63, 3.8) is 0 Å². The number of hydrogen-bond donors (Lipinski definition) is 3. The number of carbonyl (C=O) groups excluding carboxylic acids is 1. The van der Waals surface area contributed by atoms with Crippen LogP contribution in [0.3, 0.4) is 0 Å². The molecule has 0 unspecified atom stereocenters. The molecule has 0 aliphatic heterocycles.